The Balaban J connectivity index is 2.78. The number of carbonyl (C=O) groups is 2. The fourth-order valence-corrected chi connectivity index (χ4v) is 2.22. The van der Waals surface area contributed by atoms with E-state index in [1.807, 2.05) is 24.3 Å². The maximum absolute atomic E-state index is 11.0. The van der Waals surface area contributed by atoms with Gasteiger partial charge >= 0.3 is 11.9 Å². The normalized spacial score (nSPS) is 11.9. The summed E-state index contributed by atoms with van der Waals surface area (Å²) in [7, 11) is 1.73. The van der Waals surface area contributed by atoms with Crippen molar-refractivity contribution in [2.45, 2.75) is 6.42 Å². The summed E-state index contributed by atoms with van der Waals surface area (Å²) in [6, 6.07) is 7.37. The Labute approximate surface area is 113 Å². The van der Waals surface area contributed by atoms with Gasteiger partial charge in [0.25, 0.3) is 0 Å². The molecular formula is C12H14BrNO4. The average Bonchev–Trinajstić information content (AvgIpc) is 2.27. The van der Waals surface area contributed by atoms with E-state index >= 15 is 0 Å². The number of anilines is 1. The Kier molecular flexibility index (Phi) is 5.15. The van der Waals surface area contributed by atoms with Crippen molar-refractivity contribution in [2.24, 2.45) is 5.92 Å². The van der Waals surface area contributed by atoms with Gasteiger partial charge in [0.2, 0.25) is 0 Å². The summed E-state index contributed by atoms with van der Waals surface area (Å²) in [5, 5.41) is 17.7. The van der Waals surface area contributed by atoms with E-state index in [4.69, 9.17) is 10.2 Å². The molecular weight excluding hydrogens is 302 g/mol. The Morgan fingerprint density at radius 1 is 1.33 bits per heavy atom. The lowest BCUT2D eigenvalue weighted by Crippen LogP contribution is -2.32. The third kappa shape index (κ3) is 4.03. The van der Waals surface area contributed by atoms with Crippen LogP contribution in [-0.4, -0.2) is 35.7 Å². The first-order valence-electron chi connectivity index (χ1n) is 5.32. The van der Waals surface area contributed by atoms with E-state index < -0.39 is 17.9 Å². The van der Waals surface area contributed by atoms with Crippen LogP contribution in [0.2, 0.25) is 0 Å². The van der Waals surface area contributed by atoms with Crippen LogP contribution in [0.15, 0.2) is 28.7 Å². The fourth-order valence-electron chi connectivity index (χ4n) is 1.63. The first kappa shape index (κ1) is 14.5. The van der Waals surface area contributed by atoms with E-state index in [1.54, 1.807) is 11.9 Å². The molecule has 0 bridgehead atoms. The van der Waals surface area contributed by atoms with Crippen molar-refractivity contribution in [3.63, 3.8) is 0 Å². The van der Waals surface area contributed by atoms with Gasteiger partial charge < -0.3 is 15.1 Å². The standard InChI is InChI=1S/C12H14BrNO4/c1-14(10-5-3-2-4-9(10)13)7-8(12(17)18)6-11(15)16/h2-5,8H,6-7H2,1H3,(H,15,16)(H,17,18). The molecule has 6 heteroatoms. The number of hydrogen-bond acceptors (Lipinski definition) is 3. The van der Waals surface area contributed by atoms with E-state index in [2.05, 4.69) is 15.9 Å². The smallest absolute Gasteiger partial charge is 0.308 e. The highest BCUT2D eigenvalue weighted by atomic mass is 79.9. The molecule has 0 radical (unpaired) electrons. The van der Waals surface area contributed by atoms with Gasteiger partial charge in [0.15, 0.2) is 0 Å². The van der Waals surface area contributed by atoms with Crippen LogP contribution in [0.3, 0.4) is 0 Å². The van der Waals surface area contributed by atoms with Gasteiger partial charge in [-0.15, -0.1) is 0 Å². The molecule has 0 aliphatic carbocycles. The first-order valence-corrected chi connectivity index (χ1v) is 6.11. The second kappa shape index (κ2) is 6.39. The molecule has 1 unspecified atom stereocenters. The molecule has 98 valence electrons. The van der Waals surface area contributed by atoms with Crippen molar-refractivity contribution in [1.82, 2.24) is 0 Å². The number of para-hydroxylation sites is 1. The summed E-state index contributed by atoms with van der Waals surface area (Å²) in [6.07, 6.45) is -0.385. The van der Waals surface area contributed by atoms with Crippen LogP contribution >= 0.6 is 15.9 Å². The number of carboxylic acids is 2. The van der Waals surface area contributed by atoms with E-state index in [0.717, 1.165) is 10.2 Å². The van der Waals surface area contributed by atoms with Crippen LogP contribution < -0.4 is 4.90 Å². The summed E-state index contributed by atoms with van der Waals surface area (Å²) in [5.41, 5.74) is 0.828. The molecule has 1 aromatic carbocycles. The number of nitrogens with zero attached hydrogens (tertiary/aromatic N) is 1. The number of carboxylic acid groups (broad SMARTS) is 2. The van der Waals surface area contributed by atoms with Crippen molar-refractivity contribution in [3.8, 4) is 0 Å². The molecule has 18 heavy (non-hydrogen) atoms. The highest BCUT2D eigenvalue weighted by Gasteiger charge is 2.23. The molecule has 0 amide bonds. The lowest BCUT2D eigenvalue weighted by atomic mass is 10.1. The Morgan fingerprint density at radius 3 is 2.44 bits per heavy atom. The van der Waals surface area contributed by atoms with Crippen LogP contribution in [-0.2, 0) is 9.59 Å². The SMILES string of the molecule is CN(CC(CC(=O)O)C(=O)O)c1ccccc1Br. The third-order valence-corrected chi connectivity index (χ3v) is 3.20. The summed E-state index contributed by atoms with van der Waals surface area (Å²) < 4.78 is 0.840. The predicted octanol–water partition coefficient (Wildman–Crippen LogP) is 2.06. The van der Waals surface area contributed by atoms with E-state index in [0.29, 0.717) is 0 Å². The number of benzene rings is 1. The van der Waals surface area contributed by atoms with Crippen LogP contribution in [0, 0.1) is 5.92 Å². The zero-order valence-corrected chi connectivity index (χ0v) is 11.4. The van der Waals surface area contributed by atoms with E-state index in [1.165, 1.54) is 0 Å². The number of hydrogen-bond donors (Lipinski definition) is 2. The fraction of sp³-hybridized carbons (Fsp3) is 0.333. The maximum atomic E-state index is 11.0. The second-order valence-corrected chi connectivity index (χ2v) is 4.82. The monoisotopic (exact) mass is 315 g/mol. The molecule has 1 rings (SSSR count). The van der Waals surface area contributed by atoms with Crippen molar-refractivity contribution < 1.29 is 19.8 Å². The van der Waals surface area contributed by atoms with Gasteiger partial charge in [0.05, 0.1) is 18.0 Å². The summed E-state index contributed by atoms with van der Waals surface area (Å²) in [5.74, 6) is -3.14. The minimum absolute atomic E-state index is 0.143. The minimum atomic E-state index is -1.11. The highest BCUT2D eigenvalue weighted by Crippen LogP contribution is 2.25. The summed E-state index contributed by atoms with van der Waals surface area (Å²) in [4.78, 5) is 23.3. The van der Waals surface area contributed by atoms with Gasteiger partial charge in [0, 0.05) is 18.1 Å². The number of rotatable bonds is 6. The van der Waals surface area contributed by atoms with Crippen molar-refractivity contribution >= 4 is 33.6 Å². The predicted molar refractivity (Wildman–Crippen MR) is 70.8 cm³/mol. The molecule has 0 spiro atoms. The van der Waals surface area contributed by atoms with Crippen LogP contribution in [0.25, 0.3) is 0 Å². The topological polar surface area (TPSA) is 77.8 Å². The Bertz CT molecular complexity index is 449. The molecule has 0 aliphatic heterocycles. The second-order valence-electron chi connectivity index (χ2n) is 3.96. The largest absolute Gasteiger partial charge is 0.481 e. The first-order chi connectivity index (χ1) is 8.41. The van der Waals surface area contributed by atoms with Gasteiger partial charge in [-0.3, -0.25) is 9.59 Å². The van der Waals surface area contributed by atoms with Gasteiger partial charge in [-0.25, -0.2) is 0 Å². The van der Waals surface area contributed by atoms with Gasteiger partial charge in [-0.2, -0.15) is 0 Å². The maximum Gasteiger partial charge on any atom is 0.308 e. The molecule has 0 fully saturated rings. The highest BCUT2D eigenvalue weighted by molar-refractivity contribution is 9.10. The van der Waals surface area contributed by atoms with Crippen molar-refractivity contribution in [2.75, 3.05) is 18.5 Å². The van der Waals surface area contributed by atoms with Crippen LogP contribution in [0.5, 0.6) is 0 Å². The molecule has 0 saturated heterocycles. The van der Waals surface area contributed by atoms with Gasteiger partial charge in [-0.1, -0.05) is 12.1 Å². The van der Waals surface area contributed by atoms with Gasteiger partial charge in [0.1, 0.15) is 0 Å². The number of halogens is 1. The van der Waals surface area contributed by atoms with E-state index in [9.17, 15) is 9.59 Å². The third-order valence-electron chi connectivity index (χ3n) is 2.53. The summed E-state index contributed by atoms with van der Waals surface area (Å²) in [6.45, 7) is 0.143. The molecule has 2 N–H and O–H groups in total. The van der Waals surface area contributed by atoms with Crippen LogP contribution in [0.1, 0.15) is 6.42 Å². The van der Waals surface area contributed by atoms with Crippen molar-refractivity contribution in [1.29, 1.82) is 0 Å². The Hall–Kier alpha value is -1.56. The molecule has 1 atom stereocenters. The molecule has 0 saturated carbocycles. The van der Waals surface area contributed by atoms with Crippen molar-refractivity contribution in [3.05, 3.63) is 28.7 Å². The Morgan fingerprint density at radius 2 is 1.94 bits per heavy atom. The van der Waals surface area contributed by atoms with Gasteiger partial charge in [-0.05, 0) is 28.1 Å². The molecule has 1 aromatic rings. The quantitative estimate of drug-likeness (QED) is 0.840. The zero-order chi connectivity index (χ0) is 13.7. The molecule has 0 aromatic heterocycles. The number of aliphatic carboxylic acids is 2. The summed E-state index contributed by atoms with van der Waals surface area (Å²) >= 11 is 3.37. The molecule has 0 heterocycles. The zero-order valence-electron chi connectivity index (χ0n) is 9.84. The van der Waals surface area contributed by atoms with Crippen LogP contribution in [0.4, 0.5) is 5.69 Å². The molecule has 0 aliphatic rings. The average molecular weight is 316 g/mol. The lowest BCUT2D eigenvalue weighted by molar-refractivity contribution is -0.147. The van der Waals surface area contributed by atoms with E-state index in [-0.39, 0.29) is 13.0 Å². The lowest BCUT2D eigenvalue weighted by Gasteiger charge is -2.23. The molecule has 5 nitrogen and oxygen atoms in total. The minimum Gasteiger partial charge on any atom is -0.481 e.